The molecule has 3 rings (SSSR count). The minimum Gasteiger partial charge on any atom is -0.379 e. The van der Waals surface area contributed by atoms with Crippen molar-refractivity contribution in [1.82, 2.24) is 10.2 Å². The Kier molecular flexibility index (Phi) is 6.94. The predicted molar refractivity (Wildman–Crippen MR) is 98.0 cm³/mol. The quantitative estimate of drug-likeness (QED) is 0.768. The lowest BCUT2D eigenvalue weighted by Gasteiger charge is -2.36. The lowest BCUT2D eigenvalue weighted by atomic mass is 10.2. The minimum absolute atomic E-state index is 0.0341. The molecule has 0 aromatic heterocycles. The molecule has 0 bridgehead atoms. The molecule has 2 saturated heterocycles. The van der Waals surface area contributed by atoms with Crippen molar-refractivity contribution in [3.05, 3.63) is 30.3 Å². The summed E-state index contributed by atoms with van der Waals surface area (Å²) in [6.07, 6.45) is 3.35. The van der Waals surface area contributed by atoms with E-state index >= 15 is 0 Å². The molecular formula is C19H29N3O3. The molecule has 2 aliphatic heterocycles. The van der Waals surface area contributed by atoms with E-state index in [9.17, 15) is 4.79 Å². The molecule has 1 aromatic carbocycles. The van der Waals surface area contributed by atoms with Gasteiger partial charge in [0.15, 0.2) is 0 Å². The fourth-order valence-corrected chi connectivity index (χ4v) is 3.28. The van der Waals surface area contributed by atoms with Crippen LogP contribution in [0.5, 0.6) is 0 Å². The summed E-state index contributed by atoms with van der Waals surface area (Å²) in [6, 6.07) is 10.4. The SMILES string of the molecule is O=C(NCCCOCC1CCCO1)N1CCN(c2ccccc2)CC1. The van der Waals surface area contributed by atoms with Crippen LogP contribution >= 0.6 is 0 Å². The summed E-state index contributed by atoms with van der Waals surface area (Å²) in [5.74, 6) is 0. The maximum absolute atomic E-state index is 12.2. The molecule has 1 N–H and O–H groups in total. The van der Waals surface area contributed by atoms with Gasteiger partial charge in [0, 0.05) is 51.6 Å². The molecule has 6 heteroatoms. The first-order chi connectivity index (χ1) is 12.3. The average Bonchev–Trinajstić information content (AvgIpc) is 3.19. The van der Waals surface area contributed by atoms with Crippen LogP contribution in [0.4, 0.5) is 10.5 Å². The third kappa shape index (κ3) is 5.61. The van der Waals surface area contributed by atoms with Crippen LogP contribution in [0.1, 0.15) is 19.3 Å². The number of nitrogens with one attached hydrogen (secondary N) is 1. The van der Waals surface area contributed by atoms with Gasteiger partial charge in [0.25, 0.3) is 0 Å². The summed E-state index contributed by atoms with van der Waals surface area (Å²) < 4.78 is 11.1. The Morgan fingerprint density at radius 1 is 1.20 bits per heavy atom. The Morgan fingerprint density at radius 2 is 2.00 bits per heavy atom. The molecule has 138 valence electrons. The minimum atomic E-state index is 0.0341. The molecule has 2 heterocycles. The second kappa shape index (κ2) is 9.63. The van der Waals surface area contributed by atoms with Crippen LogP contribution in [0, 0.1) is 0 Å². The Labute approximate surface area is 150 Å². The van der Waals surface area contributed by atoms with Crippen molar-refractivity contribution in [2.24, 2.45) is 0 Å². The van der Waals surface area contributed by atoms with Gasteiger partial charge in [0.2, 0.25) is 0 Å². The van der Waals surface area contributed by atoms with E-state index < -0.39 is 0 Å². The fourth-order valence-electron chi connectivity index (χ4n) is 3.28. The third-order valence-corrected chi connectivity index (χ3v) is 4.76. The zero-order chi connectivity index (χ0) is 17.3. The zero-order valence-corrected chi connectivity index (χ0v) is 14.9. The number of piperazine rings is 1. The van der Waals surface area contributed by atoms with Gasteiger partial charge in [-0.2, -0.15) is 0 Å². The molecule has 1 unspecified atom stereocenters. The first-order valence-corrected chi connectivity index (χ1v) is 9.35. The van der Waals surface area contributed by atoms with Crippen molar-refractivity contribution in [1.29, 1.82) is 0 Å². The number of carbonyl (C=O) groups is 1. The summed E-state index contributed by atoms with van der Waals surface area (Å²) >= 11 is 0. The van der Waals surface area contributed by atoms with E-state index in [1.54, 1.807) is 0 Å². The van der Waals surface area contributed by atoms with Crippen LogP contribution < -0.4 is 10.2 Å². The van der Waals surface area contributed by atoms with Crippen LogP contribution in [0.25, 0.3) is 0 Å². The number of anilines is 1. The number of rotatable bonds is 7. The highest BCUT2D eigenvalue weighted by Gasteiger charge is 2.20. The van der Waals surface area contributed by atoms with Gasteiger partial charge in [-0.15, -0.1) is 0 Å². The van der Waals surface area contributed by atoms with Crippen molar-refractivity contribution in [2.45, 2.75) is 25.4 Å². The molecular weight excluding hydrogens is 318 g/mol. The molecule has 2 aliphatic rings. The van der Waals surface area contributed by atoms with Gasteiger partial charge >= 0.3 is 6.03 Å². The van der Waals surface area contributed by atoms with E-state index in [1.807, 2.05) is 11.0 Å². The van der Waals surface area contributed by atoms with Gasteiger partial charge in [-0.25, -0.2) is 4.79 Å². The van der Waals surface area contributed by atoms with Crippen LogP contribution in [0.15, 0.2) is 30.3 Å². The van der Waals surface area contributed by atoms with Crippen molar-refractivity contribution in [2.75, 3.05) is 57.4 Å². The number of carbonyl (C=O) groups excluding carboxylic acids is 1. The van der Waals surface area contributed by atoms with E-state index in [4.69, 9.17) is 9.47 Å². The number of ether oxygens (including phenoxy) is 2. The van der Waals surface area contributed by atoms with Crippen molar-refractivity contribution in [3.63, 3.8) is 0 Å². The number of hydrogen-bond donors (Lipinski definition) is 1. The highest BCUT2D eigenvalue weighted by molar-refractivity contribution is 5.74. The molecule has 25 heavy (non-hydrogen) atoms. The predicted octanol–water partition coefficient (Wildman–Crippen LogP) is 2.10. The Morgan fingerprint density at radius 3 is 2.72 bits per heavy atom. The first kappa shape index (κ1) is 18.0. The molecule has 1 atom stereocenters. The van der Waals surface area contributed by atoms with Gasteiger partial charge in [0.05, 0.1) is 12.7 Å². The van der Waals surface area contributed by atoms with E-state index in [2.05, 4.69) is 34.5 Å². The Balaban J connectivity index is 1.25. The normalized spacial score (nSPS) is 20.7. The second-order valence-corrected chi connectivity index (χ2v) is 6.61. The topological polar surface area (TPSA) is 54.0 Å². The van der Waals surface area contributed by atoms with Gasteiger partial charge in [0.1, 0.15) is 0 Å². The van der Waals surface area contributed by atoms with Gasteiger partial charge in [-0.05, 0) is 31.4 Å². The van der Waals surface area contributed by atoms with Crippen molar-refractivity contribution in [3.8, 4) is 0 Å². The summed E-state index contributed by atoms with van der Waals surface area (Å²) in [7, 11) is 0. The summed E-state index contributed by atoms with van der Waals surface area (Å²) in [5.41, 5.74) is 1.23. The first-order valence-electron chi connectivity index (χ1n) is 9.35. The lowest BCUT2D eigenvalue weighted by Crippen LogP contribution is -2.52. The molecule has 1 aromatic rings. The molecule has 2 fully saturated rings. The van der Waals surface area contributed by atoms with Crippen LogP contribution in [0.3, 0.4) is 0 Å². The summed E-state index contributed by atoms with van der Waals surface area (Å²) in [6.45, 7) is 6.14. The number of urea groups is 1. The summed E-state index contributed by atoms with van der Waals surface area (Å²) in [5, 5.41) is 2.99. The van der Waals surface area contributed by atoms with Crippen LogP contribution in [0.2, 0.25) is 0 Å². The smallest absolute Gasteiger partial charge is 0.317 e. The molecule has 0 saturated carbocycles. The number of amides is 2. The Hall–Kier alpha value is -1.79. The Bertz CT molecular complexity index is 512. The largest absolute Gasteiger partial charge is 0.379 e. The number of para-hydroxylation sites is 1. The lowest BCUT2D eigenvalue weighted by molar-refractivity contribution is 0.0167. The fraction of sp³-hybridized carbons (Fsp3) is 0.632. The van der Waals surface area contributed by atoms with E-state index in [-0.39, 0.29) is 12.1 Å². The second-order valence-electron chi connectivity index (χ2n) is 6.61. The average molecular weight is 347 g/mol. The molecule has 6 nitrogen and oxygen atoms in total. The van der Waals surface area contributed by atoms with Gasteiger partial charge < -0.3 is 24.6 Å². The van der Waals surface area contributed by atoms with Crippen molar-refractivity contribution >= 4 is 11.7 Å². The highest BCUT2D eigenvalue weighted by Crippen LogP contribution is 2.15. The highest BCUT2D eigenvalue weighted by atomic mass is 16.5. The monoisotopic (exact) mass is 347 g/mol. The molecule has 0 radical (unpaired) electrons. The molecule has 2 amide bonds. The van der Waals surface area contributed by atoms with E-state index in [0.29, 0.717) is 19.8 Å². The van der Waals surface area contributed by atoms with E-state index in [1.165, 1.54) is 5.69 Å². The molecule has 0 aliphatic carbocycles. The maximum Gasteiger partial charge on any atom is 0.317 e. The number of hydrogen-bond acceptors (Lipinski definition) is 4. The zero-order valence-electron chi connectivity index (χ0n) is 14.9. The standard InChI is InChI=1S/C19H29N3O3/c23-19(20-9-5-14-24-16-18-8-4-15-25-18)22-12-10-21(11-13-22)17-6-2-1-3-7-17/h1-3,6-7,18H,4-5,8-16H2,(H,20,23). The van der Waals surface area contributed by atoms with Crippen molar-refractivity contribution < 1.29 is 14.3 Å². The maximum atomic E-state index is 12.2. The van der Waals surface area contributed by atoms with E-state index in [0.717, 1.165) is 52.0 Å². The number of benzene rings is 1. The van der Waals surface area contributed by atoms with Crippen LogP contribution in [-0.4, -0.2) is 69.6 Å². The summed E-state index contributed by atoms with van der Waals surface area (Å²) in [4.78, 5) is 16.4. The van der Waals surface area contributed by atoms with Crippen LogP contribution in [-0.2, 0) is 9.47 Å². The third-order valence-electron chi connectivity index (χ3n) is 4.76. The van der Waals surface area contributed by atoms with Gasteiger partial charge in [-0.3, -0.25) is 0 Å². The van der Waals surface area contributed by atoms with Gasteiger partial charge in [-0.1, -0.05) is 18.2 Å². The molecule has 0 spiro atoms. The number of nitrogens with zero attached hydrogens (tertiary/aromatic N) is 2.